The summed E-state index contributed by atoms with van der Waals surface area (Å²) in [5.74, 6) is 0.0858. The Kier molecular flexibility index (Phi) is 5.41. The molecule has 0 spiro atoms. The van der Waals surface area contributed by atoms with Gasteiger partial charge in [-0.15, -0.1) is 0 Å². The molecule has 3 aromatic rings. The summed E-state index contributed by atoms with van der Waals surface area (Å²) in [6.07, 6.45) is 2.52. The van der Waals surface area contributed by atoms with E-state index in [1.54, 1.807) is 18.2 Å². The van der Waals surface area contributed by atoms with Gasteiger partial charge in [0, 0.05) is 37.1 Å². The van der Waals surface area contributed by atoms with Crippen molar-refractivity contribution in [2.75, 3.05) is 18.5 Å². The van der Waals surface area contributed by atoms with E-state index in [1.165, 1.54) is 12.3 Å². The number of anilines is 1. The number of rotatable bonds is 5. The van der Waals surface area contributed by atoms with Crippen molar-refractivity contribution in [1.82, 2.24) is 4.98 Å². The number of ether oxygens (including phenoxy) is 2. The highest BCUT2D eigenvalue weighted by atomic mass is 19.1. The van der Waals surface area contributed by atoms with Crippen LogP contribution in [-0.2, 0) is 11.2 Å². The minimum absolute atomic E-state index is 0.113. The van der Waals surface area contributed by atoms with Crippen LogP contribution in [0.4, 0.5) is 14.5 Å². The topological polar surface area (TPSA) is 73.6 Å². The largest absolute Gasteiger partial charge is 0.490 e. The number of amides is 1. The first kappa shape index (κ1) is 18.9. The van der Waals surface area contributed by atoms with E-state index in [9.17, 15) is 13.6 Å². The molecule has 150 valence electrons. The normalized spacial score (nSPS) is 13.0. The van der Waals surface area contributed by atoms with Gasteiger partial charge in [0.1, 0.15) is 11.6 Å². The Hall–Kier alpha value is -3.42. The first-order valence-corrected chi connectivity index (χ1v) is 9.18. The van der Waals surface area contributed by atoms with E-state index in [2.05, 4.69) is 10.3 Å². The molecule has 8 heteroatoms. The molecule has 6 nitrogen and oxygen atoms in total. The number of oxazole rings is 1. The Morgan fingerprint density at radius 1 is 1.07 bits per heavy atom. The molecule has 0 aliphatic carbocycles. The molecule has 2 aromatic carbocycles. The highest BCUT2D eigenvalue weighted by Gasteiger charge is 2.14. The zero-order valence-electron chi connectivity index (χ0n) is 15.4. The van der Waals surface area contributed by atoms with Gasteiger partial charge in [-0.1, -0.05) is 0 Å². The number of nitrogens with one attached hydrogen (secondary N) is 1. The third kappa shape index (κ3) is 4.53. The number of nitrogens with zero attached hydrogens (tertiary/aromatic N) is 1. The molecular weight excluding hydrogens is 382 g/mol. The van der Waals surface area contributed by atoms with Crippen LogP contribution in [0.15, 0.2) is 47.0 Å². The fourth-order valence-corrected chi connectivity index (χ4v) is 2.92. The number of carbonyl (C=O) groups is 1. The molecule has 0 unspecified atom stereocenters. The van der Waals surface area contributed by atoms with Crippen molar-refractivity contribution in [1.29, 1.82) is 0 Å². The van der Waals surface area contributed by atoms with Crippen LogP contribution in [0.25, 0.3) is 11.3 Å². The van der Waals surface area contributed by atoms with Crippen LogP contribution < -0.4 is 14.8 Å². The second-order valence-electron chi connectivity index (χ2n) is 6.50. The molecule has 0 saturated carbocycles. The molecule has 0 bridgehead atoms. The lowest BCUT2D eigenvalue weighted by molar-refractivity contribution is -0.116. The Morgan fingerprint density at radius 2 is 1.90 bits per heavy atom. The molecular formula is C21H18F2N2O4. The van der Waals surface area contributed by atoms with E-state index in [-0.39, 0.29) is 36.0 Å². The zero-order chi connectivity index (χ0) is 20.2. The number of aromatic nitrogens is 1. The standard InChI is InChI=1S/C21H18F2N2O4/c22-13-2-4-15(16(23)10-13)19-12-24-21(29-19)7-6-20(26)25-14-3-5-17-18(11-14)28-9-1-8-27-17/h2-5,10-12H,1,6-9H2,(H,25,26). The van der Waals surface area contributed by atoms with E-state index in [0.717, 1.165) is 18.6 Å². The summed E-state index contributed by atoms with van der Waals surface area (Å²) < 4.78 is 43.5. The minimum Gasteiger partial charge on any atom is -0.490 e. The Labute approximate surface area is 165 Å². The fraction of sp³-hybridized carbons (Fsp3) is 0.238. The van der Waals surface area contributed by atoms with Crippen LogP contribution >= 0.6 is 0 Å². The molecule has 0 fully saturated rings. The average molecular weight is 400 g/mol. The predicted octanol–water partition coefficient (Wildman–Crippen LogP) is 4.35. The Morgan fingerprint density at radius 3 is 2.72 bits per heavy atom. The maximum absolute atomic E-state index is 13.8. The average Bonchev–Trinajstić information content (AvgIpc) is 3.03. The van der Waals surface area contributed by atoms with Gasteiger partial charge in [-0.25, -0.2) is 13.8 Å². The highest BCUT2D eigenvalue weighted by molar-refractivity contribution is 5.91. The lowest BCUT2D eigenvalue weighted by Crippen LogP contribution is -2.12. The molecule has 0 radical (unpaired) electrons. The molecule has 4 rings (SSSR count). The van der Waals surface area contributed by atoms with Crippen LogP contribution in [0.1, 0.15) is 18.7 Å². The number of hydrogen-bond acceptors (Lipinski definition) is 5. The van der Waals surface area contributed by atoms with Gasteiger partial charge < -0.3 is 19.2 Å². The van der Waals surface area contributed by atoms with E-state index < -0.39 is 11.6 Å². The number of hydrogen-bond donors (Lipinski definition) is 1. The van der Waals surface area contributed by atoms with Crippen LogP contribution in [0.5, 0.6) is 11.5 Å². The molecule has 1 N–H and O–H groups in total. The van der Waals surface area contributed by atoms with Crippen molar-refractivity contribution < 1.29 is 27.5 Å². The smallest absolute Gasteiger partial charge is 0.224 e. The maximum atomic E-state index is 13.8. The van der Waals surface area contributed by atoms with E-state index in [0.29, 0.717) is 30.4 Å². The van der Waals surface area contributed by atoms with Gasteiger partial charge in [0.2, 0.25) is 5.91 Å². The molecule has 1 amide bonds. The van der Waals surface area contributed by atoms with Gasteiger partial charge in [-0.05, 0) is 24.3 Å². The van der Waals surface area contributed by atoms with Crippen molar-refractivity contribution in [3.05, 3.63) is 60.1 Å². The van der Waals surface area contributed by atoms with E-state index >= 15 is 0 Å². The monoisotopic (exact) mass is 400 g/mol. The second kappa shape index (κ2) is 8.30. The van der Waals surface area contributed by atoms with Gasteiger partial charge in [0.05, 0.1) is 25.0 Å². The van der Waals surface area contributed by atoms with Crippen molar-refractivity contribution >= 4 is 11.6 Å². The zero-order valence-corrected chi connectivity index (χ0v) is 15.4. The molecule has 0 atom stereocenters. The molecule has 1 aliphatic heterocycles. The third-order valence-electron chi connectivity index (χ3n) is 4.35. The maximum Gasteiger partial charge on any atom is 0.224 e. The molecule has 1 aromatic heterocycles. The van der Waals surface area contributed by atoms with Crippen molar-refractivity contribution in [2.45, 2.75) is 19.3 Å². The quantitative estimate of drug-likeness (QED) is 0.689. The van der Waals surface area contributed by atoms with Crippen LogP contribution in [-0.4, -0.2) is 24.1 Å². The Bertz CT molecular complexity index is 1040. The van der Waals surface area contributed by atoms with Crippen molar-refractivity contribution in [3.63, 3.8) is 0 Å². The van der Waals surface area contributed by atoms with Gasteiger partial charge in [0.25, 0.3) is 0 Å². The summed E-state index contributed by atoms with van der Waals surface area (Å²) in [5, 5.41) is 2.79. The number of benzene rings is 2. The second-order valence-corrected chi connectivity index (χ2v) is 6.50. The Balaban J connectivity index is 1.35. The van der Waals surface area contributed by atoms with Gasteiger partial charge >= 0.3 is 0 Å². The fourth-order valence-electron chi connectivity index (χ4n) is 2.92. The number of halogens is 2. The molecule has 0 saturated heterocycles. The lowest BCUT2D eigenvalue weighted by atomic mass is 10.2. The van der Waals surface area contributed by atoms with Crippen molar-refractivity contribution in [2.24, 2.45) is 0 Å². The summed E-state index contributed by atoms with van der Waals surface area (Å²) >= 11 is 0. The van der Waals surface area contributed by atoms with E-state index in [4.69, 9.17) is 13.9 Å². The summed E-state index contributed by atoms with van der Waals surface area (Å²) in [7, 11) is 0. The van der Waals surface area contributed by atoms with Crippen LogP contribution in [0.3, 0.4) is 0 Å². The third-order valence-corrected chi connectivity index (χ3v) is 4.35. The number of carbonyl (C=O) groups excluding carboxylic acids is 1. The van der Waals surface area contributed by atoms with Gasteiger partial charge in [-0.2, -0.15) is 0 Å². The number of aryl methyl sites for hydroxylation is 1. The van der Waals surface area contributed by atoms with E-state index in [1.807, 2.05) is 0 Å². The summed E-state index contributed by atoms with van der Waals surface area (Å²) in [6.45, 7) is 1.16. The van der Waals surface area contributed by atoms with Crippen LogP contribution in [0, 0.1) is 11.6 Å². The predicted molar refractivity (Wildman–Crippen MR) is 101 cm³/mol. The summed E-state index contributed by atoms with van der Waals surface area (Å²) in [6, 6.07) is 8.42. The molecule has 2 heterocycles. The summed E-state index contributed by atoms with van der Waals surface area (Å²) in [4.78, 5) is 16.3. The van der Waals surface area contributed by atoms with Gasteiger partial charge in [0.15, 0.2) is 23.1 Å². The van der Waals surface area contributed by atoms with Crippen molar-refractivity contribution in [3.8, 4) is 22.8 Å². The molecule has 1 aliphatic rings. The SMILES string of the molecule is O=C(CCc1ncc(-c2ccc(F)cc2F)o1)Nc1ccc2c(c1)OCCCO2. The highest BCUT2D eigenvalue weighted by Crippen LogP contribution is 2.32. The first-order chi connectivity index (χ1) is 14.1. The summed E-state index contributed by atoms with van der Waals surface area (Å²) in [5.41, 5.74) is 0.711. The van der Waals surface area contributed by atoms with Gasteiger partial charge in [-0.3, -0.25) is 4.79 Å². The lowest BCUT2D eigenvalue weighted by Gasteiger charge is -2.10. The minimum atomic E-state index is -0.736. The first-order valence-electron chi connectivity index (χ1n) is 9.18. The molecule has 29 heavy (non-hydrogen) atoms. The van der Waals surface area contributed by atoms with Crippen LogP contribution in [0.2, 0.25) is 0 Å². The number of fused-ring (bicyclic) bond motifs is 1.